The van der Waals surface area contributed by atoms with Crippen molar-refractivity contribution in [1.29, 1.82) is 0 Å². The van der Waals surface area contributed by atoms with E-state index in [-0.39, 0.29) is 18.6 Å². The molecule has 0 spiro atoms. The fourth-order valence-corrected chi connectivity index (χ4v) is 3.43. The summed E-state index contributed by atoms with van der Waals surface area (Å²) in [5, 5.41) is 4.86. The quantitative estimate of drug-likeness (QED) is 0.720. The number of carbonyl (C=O) groups excluding carboxylic acids is 1. The van der Waals surface area contributed by atoms with Gasteiger partial charge < -0.3 is 19.6 Å². The fraction of sp³-hybridized carbons (Fsp3) is 0.389. The van der Waals surface area contributed by atoms with Crippen LogP contribution in [0.4, 0.5) is 0 Å². The number of fused-ring (bicyclic) bond motifs is 1. The Labute approximate surface area is 150 Å². The van der Waals surface area contributed by atoms with Crippen LogP contribution in [0.5, 0.6) is 5.75 Å². The first kappa shape index (κ1) is 16.6. The summed E-state index contributed by atoms with van der Waals surface area (Å²) in [5.41, 5.74) is 6.27. The highest BCUT2D eigenvalue weighted by Crippen LogP contribution is 2.29. The molecular formula is C18H21N5O3. The Bertz CT molecular complexity index is 882. The van der Waals surface area contributed by atoms with Crippen molar-refractivity contribution in [2.75, 3.05) is 13.1 Å². The average molecular weight is 355 g/mol. The number of nitrogens with two attached hydrogens (primary N) is 1. The van der Waals surface area contributed by atoms with Crippen LogP contribution in [0.2, 0.25) is 0 Å². The van der Waals surface area contributed by atoms with E-state index in [1.165, 1.54) is 6.39 Å². The summed E-state index contributed by atoms with van der Waals surface area (Å²) in [6.45, 7) is 2.73. The number of likely N-dealkylation sites (tertiary alicyclic amines) is 1. The Hall–Kier alpha value is -2.87. The van der Waals surface area contributed by atoms with E-state index in [0.29, 0.717) is 12.4 Å². The first-order chi connectivity index (χ1) is 12.7. The second-order valence-corrected chi connectivity index (χ2v) is 6.54. The predicted octanol–water partition coefficient (Wildman–Crippen LogP) is 1.55. The molecular weight excluding hydrogens is 334 g/mol. The Balaban J connectivity index is 1.40. The summed E-state index contributed by atoms with van der Waals surface area (Å²) in [6.07, 6.45) is 5.28. The van der Waals surface area contributed by atoms with Crippen LogP contribution in [0.15, 0.2) is 41.4 Å². The summed E-state index contributed by atoms with van der Waals surface area (Å²) >= 11 is 0. The molecule has 1 aromatic carbocycles. The van der Waals surface area contributed by atoms with Crippen LogP contribution in [-0.4, -0.2) is 44.7 Å². The molecule has 26 heavy (non-hydrogen) atoms. The van der Waals surface area contributed by atoms with E-state index in [1.54, 1.807) is 0 Å². The van der Waals surface area contributed by atoms with Crippen molar-refractivity contribution in [3.8, 4) is 5.75 Å². The normalized spacial score (nSPS) is 16.2. The van der Waals surface area contributed by atoms with E-state index in [0.717, 1.165) is 42.6 Å². The summed E-state index contributed by atoms with van der Waals surface area (Å²) in [6, 6.07) is 7.86. The van der Waals surface area contributed by atoms with Gasteiger partial charge in [0.1, 0.15) is 18.4 Å². The molecule has 1 saturated heterocycles. The molecule has 1 aliphatic rings. The van der Waals surface area contributed by atoms with Gasteiger partial charge in [0, 0.05) is 24.7 Å². The molecule has 1 aliphatic heterocycles. The first-order valence-electron chi connectivity index (χ1n) is 8.69. The Morgan fingerprint density at radius 3 is 2.88 bits per heavy atom. The third-order valence-corrected chi connectivity index (χ3v) is 4.70. The van der Waals surface area contributed by atoms with Crippen molar-refractivity contribution in [3.63, 3.8) is 0 Å². The molecule has 1 fully saturated rings. The topological polar surface area (TPSA) is 99.4 Å². The molecule has 0 radical (unpaired) electrons. The highest BCUT2D eigenvalue weighted by molar-refractivity contribution is 5.87. The first-order valence-corrected chi connectivity index (χ1v) is 8.69. The zero-order valence-corrected chi connectivity index (χ0v) is 14.4. The SMILES string of the molecule is NC(=O)Cn1ccc2c(OC3CCN(Cc4ncon4)CC3)cccc21. The van der Waals surface area contributed by atoms with E-state index in [1.807, 2.05) is 35.0 Å². The third-order valence-electron chi connectivity index (χ3n) is 4.70. The van der Waals surface area contributed by atoms with Gasteiger partial charge in [0.25, 0.3) is 0 Å². The van der Waals surface area contributed by atoms with E-state index >= 15 is 0 Å². The summed E-state index contributed by atoms with van der Waals surface area (Å²) in [5.74, 6) is 1.20. The number of benzene rings is 1. The van der Waals surface area contributed by atoms with Crippen molar-refractivity contribution < 1.29 is 14.1 Å². The molecule has 8 heteroatoms. The van der Waals surface area contributed by atoms with E-state index in [9.17, 15) is 4.79 Å². The number of primary amides is 1. The standard InChI is InChI=1S/C18H21N5O3/c19-17(24)10-23-9-6-14-15(23)2-1-3-16(14)26-13-4-7-22(8-5-13)11-18-20-12-25-21-18/h1-3,6,9,12-13H,4-5,7-8,10-11H2,(H2,19,24). The van der Waals surface area contributed by atoms with Gasteiger partial charge in [-0.15, -0.1) is 0 Å². The van der Waals surface area contributed by atoms with Crippen LogP contribution in [0.3, 0.4) is 0 Å². The highest BCUT2D eigenvalue weighted by Gasteiger charge is 2.22. The molecule has 3 heterocycles. The highest BCUT2D eigenvalue weighted by atomic mass is 16.5. The lowest BCUT2D eigenvalue weighted by atomic mass is 10.1. The fourth-order valence-electron chi connectivity index (χ4n) is 3.43. The van der Waals surface area contributed by atoms with Gasteiger partial charge in [-0.05, 0) is 31.0 Å². The maximum absolute atomic E-state index is 11.2. The number of ether oxygens (including phenoxy) is 1. The molecule has 0 unspecified atom stereocenters. The van der Waals surface area contributed by atoms with Gasteiger partial charge in [-0.25, -0.2) is 0 Å². The number of nitrogens with zero attached hydrogens (tertiary/aromatic N) is 4. The molecule has 3 aromatic rings. The number of hydrogen-bond acceptors (Lipinski definition) is 6. The minimum absolute atomic E-state index is 0.168. The molecule has 0 aliphatic carbocycles. The summed E-state index contributed by atoms with van der Waals surface area (Å²) in [4.78, 5) is 17.6. The Morgan fingerprint density at radius 2 is 2.15 bits per heavy atom. The third kappa shape index (κ3) is 3.55. The van der Waals surface area contributed by atoms with Gasteiger partial charge >= 0.3 is 0 Å². The van der Waals surface area contributed by atoms with Gasteiger partial charge in [-0.2, -0.15) is 4.98 Å². The van der Waals surface area contributed by atoms with Crippen LogP contribution in [0, 0.1) is 0 Å². The van der Waals surface area contributed by atoms with E-state index < -0.39 is 0 Å². The number of carbonyl (C=O) groups is 1. The summed E-state index contributed by atoms with van der Waals surface area (Å²) in [7, 11) is 0. The van der Waals surface area contributed by atoms with Gasteiger partial charge in [0.15, 0.2) is 5.82 Å². The predicted molar refractivity (Wildman–Crippen MR) is 94.4 cm³/mol. The van der Waals surface area contributed by atoms with Crippen molar-refractivity contribution in [3.05, 3.63) is 42.7 Å². The second-order valence-electron chi connectivity index (χ2n) is 6.54. The maximum atomic E-state index is 11.2. The van der Waals surface area contributed by atoms with Crippen LogP contribution >= 0.6 is 0 Å². The zero-order chi connectivity index (χ0) is 17.9. The second kappa shape index (κ2) is 7.17. The molecule has 0 atom stereocenters. The molecule has 0 bridgehead atoms. The van der Waals surface area contributed by atoms with Gasteiger partial charge in [-0.3, -0.25) is 9.69 Å². The number of piperidine rings is 1. The number of amides is 1. The Kier molecular flexibility index (Phi) is 4.57. The van der Waals surface area contributed by atoms with E-state index in [2.05, 4.69) is 15.0 Å². The van der Waals surface area contributed by atoms with Gasteiger partial charge in [0.2, 0.25) is 12.3 Å². The molecule has 4 rings (SSSR count). The molecule has 1 amide bonds. The van der Waals surface area contributed by atoms with Crippen LogP contribution in [-0.2, 0) is 17.9 Å². The van der Waals surface area contributed by atoms with Gasteiger partial charge in [0.05, 0.1) is 12.1 Å². The lowest BCUT2D eigenvalue weighted by Crippen LogP contribution is -2.38. The molecule has 8 nitrogen and oxygen atoms in total. The maximum Gasteiger partial charge on any atom is 0.237 e. The smallest absolute Gasteiger partial charge is 0.237 e. The molecule has 136 valence electrons. The number of hydrogen-bond donors (Lipinski definition) is 1. The Morgan fingerprint density at radius 1 is 1.31 bits per heavy atom. The number of rotatable bonds is 6. The minimum Gasteiger partial charge on any atom is -0.490 e. The minimum atomic E-state index is -0.359. The lowest BCUT2D eigenvalue weighted by Gasteiger charge is -2.31. The van der Waals surface area contributed by atoms with Crippen LogP contribution in [0.25, 0.3) is 10.9 Å². The molecule has 0 saturated carbocycles. The van der Waals surface area contributed by atoms with Crippen LogP contribution < -0.4 is 10.5 Å². The van der Waals surface area contributed by atoms with E-state index in [4.69, 9.17) is 15.0 Å². The van der Waals surface area contributed by atoms with Crippen molar-refractivity contribution in [2.24, 2.45) is 5.73 Å². The zero-order valence-electron chi connectivity index (χ0n) is 14.4. The monoisotopic (exact) mass is 355 g/mol. The van der Waals surface area contributed by atoms with Crippen molar-refractivity contribution in [1.82, 2.24) is 19.6 Å². The van der Waals surface area contributed by atoms with Crippen LogP contribution in [0.1, 0.15) is 18.7 Å². The number of aromatic nitrogens is 3. The molecule has 2 N–H and O–H groups in total. The lowest BCUT2D eigenvalue weighted by molar-refractivity contribution is -0.118. The van der Waals surface area contributed by atoms with Crippen molar-refractivity contribution >= 4 is 16.8 Å². The van der Waals surface area contributed by atoms with Crippen molar-refractivity contribution in [2.45, 2.75) is 32.0 Å². The summed E-state index contributed by atoms with van der Waals surface area (Å²) < 4.78 is 12.9. The largest absolute Gasteiger partial charge is 0.490 e. The molecule has 2 aromatic heterocycles. The average Bonchev–Trinajstić information content (AvgIpc) is 3.27. The van der Waals surface area contributed by atoms with Gasteiger partial charge in [-0.1, -0.05) is 11.2 Å².